The Morgan fingerprint density at radius 2 is 1.69 bits per heavy atom. The fraction of sp³-hybridized carbons (Fsp3) is 0.115. The normalized spacial score (nSPS) is 11.1. The van der Waals surface area contributed by atoms with Gasteiger partial charge in [0.15, 0.2) is 0 Å². The number of anilines is 1. The number of fused-ring (bicyclic) bond motifs is 1. The van der Waals surface area contributed by atoms with E-state index in [2.05, 4.69) is 26.0 Å². The molecule has 2 N–H and O–H groups in total. The molecule has 0 saturated heterocycles. The second kappa shape index (κ2) is 10.7. The second-order valence-corrected chi connectivity index (χ2v) is 10.1. The summed E-state index contributed by atoms with van der Waals surface area (Å²) in [6.07, 6.45) is 0. The van der Waals surface area contributed by atoms with Crippen LogP contribution in [0.15, 0.2) is 76.0 Å². The minimum Gasteiger partial charge on any atom is -0.319 e. The Morgan fingerprint density at radius 3 is 2.36 bits per heavy atom. The molecule has 0 aliphatic rings. The van der Waals surface area contributed by atoms with Gasteiger partial charge in [0, 0.05) is 44.3 Å². The second-order valence-electron chi connectivity index (χ2n) is 8.11. The van der Waals surface area contributed by atoms with Gasteiger partial charge in [-0.25, -0.2) is 8.70 Å². The van der Waals surface area contributed by atoms with E-state index in [-0.39, 0.29) is 22.4 Å². The van der Waals surface area contributed by atoms with Crippen LogP contribution in [0, 0.1) is 12.7 Å². The lowest BCUT2D eigenvalue weighted by Gasteiger charge is -2.18. The number of hydrogen-bond acceptors (Lipinski definition) is 5. The molecule has 0 saturated carbocycles. The molecular weight excluding hydrogens is 547 g/mol. The summed E-state index contributed by atoms with van der Waals surface area (Å²) < 4.78 is 21.3. The number of hydrogen-bond donors (Lipinski definition) is 2. The lowest BCUT2D eigenvalue weighted by Crippen LogP contribution is -2.26. The maximum Gasteiger partial charge on any atom is 0.263 e. The van der Waals surface area contributed by atoms with E-state index >= 15 is 0 Å². The Labute approximate surface area is 219 Å². The van der Waals surface area contributed by atoms with Gasteiger partial charge in [-0.1, -0.05) is 34.1 Å². The molecule has 184 valence electrons. The topological polar surface area (TPSA) is 83.4 Å². The first-order chi connectivity index (χ1) is 17.2. The molecule has 4 rings (SSSR count). The molecule has 1 heterocycles. The maximum atomic E-state index is 14.9. The molecular formula is C26H22BrFN4O3S. The van der Waals surface area contributed by atoms with Crippen LogP contribution in [0.25, 0.3) is 16.5 Å². The molecule has 0 unspecified atom stereocenters. The standard InChI is InChI=1S/C26H22BrFN4O3S/c1-15-23(25(34)29-22-12-9-16(13-21(22)28)24(33)30-36-31(2)3)20-14-17(27)10-11-19(20)26(35)32(15)18-7-5-4-6-8-18/h4-14H,1-3H3,(H,29,34)(H,30,33). The molecule has 0 radical (unpaired) electrons. The molecule has 10 heteroatoms. The van der Waals surface area contributed by atoms with E-state index in [4.69, 9.17) is 0 Å². The third kappa shape index (κ3) is 5.20. The molecule has 0 fully saturated rings. The summed E-state index contributed by atoms with van der Waals surface area (Å²) >= 11 is 4.47. The van der Waals surface area contributed by atoms with Crippen molar-refractivity contribution < 1.29 is 14.0 Å². The lowest BCUT2D eigenvalue weighted by molar-refractivity contribution is 0.0982. The molecule has 0 aliphatic carbocycles. The van der Waals surface area contributed by atoms with Gasteiger partial charge in [0.1, 0.15) is 5.82 Å². The van der Waals surface area contributed by atoms with Crippen LogP contribution in [-0.4, -0.2) is 34.8 Å². The minimum absolute atomic E-state index is 0.0863. The van der Waals surface area contributed by atoms with Gasteiger partial charge in [-0.15, -0.1) is 0 Å². The largest absolute Gasteiger partial charge is 0.319 e. The average Bonchev–Trinajstić information content (AvgIpc) is 2.84. The quantitative estimate of drug-likeness (QED) is 0.308. The van der Waals surface area contributed by atoms with E-state index in [1.54, 1.807) is 67.8 Å². The van der Waals surface area contributed by atoms with Crippen LogP contribution in [0.3, 0.4) is 0 Å². The van der Waals surface area contributed by atoms with E-state index in [1.165, 1.54) is 16.7 Å². The van der Waals surface area contributed by atoms with Crippen molar-refractivity contribution in [1.82, 2.24) is 13.6 Å². The number of carbonyl (C=O) groups excluding carboxylic acids is 2. The first-order valence-electron chi connectivity index (χ1n) is 10.8. The van der Waals surface area contributed by atoms with Gasteiger partial charge in [0.05, 0.1) is 11.3 Å². The number of rotatable bonds is 6. The number of nitrogens with one attached hydrogen (secondary N) is 2. The van der Waals surface area contributed by atoms with Gasteiger partial charge < -0.3 is 5.32 Å². The highest BCUT2D eigenvalue weighted by atomic mass is 79.9. The maximum absolute atomic E-state index is 14.9. The van der Waals surface area contributed by atoms with E-state index in [1.807, 2.05) is 6.07 Å². The summed E-state index contributed by atoms with van der Waals surface area (Å²) in [4.78, 5) is 39.1. The predicted molar refractivity (Wildman–Crippen MR) is 145 cm³/mol. The zero-order chi connectivity index (χ0) is 26.0. The Kier molecular flexibility index (Phi) is 7.58. The number of nitrogens with zero attached hydrogens (tertiary/aromatic N) is 2. The molecule has 1 aromatic heterocycles. The van der Waals surface area contributed by atoms with Crippen LogP contribution in [0.4, 0.5) is 10.1 Å². The Hall–Kier alpha value is -3.47. The van der Waals surface area contributed by atoms with Crippen LogP contribution >= 0.6 is 28.1 Å². The van der Waals surface area contributed by atoms with Crippen LogP contribution in [0.1, 0.15) is 26.4 Å². The van der Waals surface area contributed by atoms with Crippen molar-refractivity contribution in [3.8, 4) is 5.69 Å². The highest BCUT2D eigenvalue weighted by molar-refractivity contribution is 9.10. The first-order valence-corrected chi connectivity index (χ1v) is 12.4. The van der Waals surface area contributed by atoms with Crippen LogP contribution in [0.2, 0.25) is 0 Å². The molecule has 0 atom stereocenters. The first kappa shape index (κ1) is 25.6. The SMILES string of the molecule is Cc1c(C(=O)Nc2ccc(C(=O)NSN(C)C)cc2F)c2cc(Br)ccc2c(=O)n1-c1ccccc1. The Morgan fingerprint density at radius 1 is 0.972 bits per heavy atom. The zero-order valence-electron chi connectivity index (χ0n) is 19.6. The van der Waals surface area contributed by atoms with Crippen molar-refractivity contribution in [3.63, 3.8) is 0 Å². The van der Waals surface area contributed by atoms with Gasteiger partial charge in [-0.3, -0.25) is 23.7 Å². The predicted octanol–water partition coefficient (Wildman–Crippen LogP) is 5.31. The molecule has 2 amide bonds. The fourth-order valence-electron chi connectivity index (χ4n) is 3.80. The third-order valence-corrected chi connectivity index (χ3v) is 6.56. The number of amides is 2. The van der Waals surface area contributed by atoms with Crippen LogP contribution in [0.5, 0.6) is 0 Å². The number of carbonyl (C=O) groups is 2. The van der Waals surface area contributed by atoms with Crippen molar-refractivity contribution in [2.45, 2.75) is 6.92 Å². The van der Waals surface area contributed by atoms with Gasteiger partial charge in [-0.2, -0.15) is 0 Å². The molecule has 3 aromatic carbocycles. The fourth-order valence-corrected chi connectivity index (χ4v) is 4.54. The molecule has 0 spiro atoms. The van der Waals surface area contributed by atoms with Crippen molar-refractivity contribution in [2.24, 2.45) is 0 Å². The van der Waals surface area contributed by atoms with Crippen molar-refractivity contribution >= 4 is 56.3 Å². The highest BCUT2D eigenvalue weighted by Gasteiger charge is 2.22. The highest BCUT2D eigenvalue weighted by Crippen LogP contribution is 2.27. The average molecular weight is 569 g/mol. The van der Waals surface area contributed by atoms with Gasteiger partial charge >= 0.3 is 0 Å². The molecule has 4 aromatic rings. The van der Waals surface area contributed by atoms with Crippen molar-refractivity contribution in [1.29, 1.82) is 0 Å². The third-order valence-electron chi connectivity index (χ3n) is 5.42. The van der Waals surface area contributed by atoms with Gasteiger partial charge in [-0.05, 0) is 69.6 Å². The monoisotopic (exact) mass is 568 g/mol. The summed E-state index contributed by atoms with van der Waals surface area (Å²) in [7, 11) is 3.52. The van der Waals surface area contributed by atoms with E-state index in [9.17, 15) is 18.8 Å². The summed E-state index contributed by atoms with van der Waals surface area (Å²) in [6, 6.07) is 17.9. The van der Waals surface area contributed by atoms with Crippen LogP contribution in [-0.2, 0) is 0 Å². The number of benzene rings is 3. The molecule has 0 aliphatic heterocycles. The Balaban J connectivity index is 1.76. The zero-order valence-corrected chi connectivity index (χ0v) is 22.0. The summed E-state index contributed by atoms with van der Waals surface area (Å²) in [5.74, 6) is -1.81. The number of aromatic nitrogens is 1. The minimum atomic E-state index is -0.759. The molecule has 7 nitrogen and oxygen atoms in total. The van der Waals surface area contributed by atoms with E-state index in [0.29, 0.717) is 26.6 Å². The van der Waals surface area contributed by atoms with Crippen molar-refractivity contribution in [2.75, 3.05) is 19.4 Å². The summed E-state index contributed by atoms with van der Waals surface area (Å²) in [6.45, 7) is 1.68. The van der Waals surface area contributed by atoms with Gasteiger partial charge in [0.2, 0.25) is 0 Å². The van der Waals surface area contributed by atoms with Gasteiger partial charge in [0.25, 0.3) is 17.4 Å². The molecule has 0 bridgehead atoms. The van der Waals surface area contributed by atoms with Crippen LogP contribution < -0.4 is 15.6 Å². The summed E-state index contributed by atoms with van der Waals surface area (Å²) in [5, 5.41) is 3.39. The molecule has 36 heavy (non-hydrogen) atoms. The number of pyridine rings is 1. The van der Waals surface area contributed by atoms with Crippen molar-refractivity contribution in [3.05, 3.63) is 104 Å². The summed E-state index contributed by atoms with van der Waals surface area (Å²) in [5.41, 5.74) is 1.01. The lowest BCUT2D eigenvalue weighted by atomic mass is 10.0. The van der Waals surface area contributed by atoms with E-state index < -0.39 is 17.6 Å². The smallest absolute Gasteiger partial charge is 0.263 e. The van der Waals surface area contributed by atoms with E-state index in [0.717, 1.165) is 18.2 Å². The Bertz CT molecular complexity index is 1540. The number of para-hydroxylation sites is 1. The number of halogens is 2.